The fourth-order valence-corrected chi connectivity index (χ4v) is 6.37. The van der Waals surface area contributed by atoms with Crippen LogP contribution in [0.15, 0.2) is 69.2 Å². The van der Waals surface area contributed by atoms with E-state index >= 15 is 0 Å². The molecule has 0 saturated carbocycles. The number of thiazole rings is 1. The topological polar surface area (TPSA) is 70.6 Å². The molecule has 3 aromatic rings. The van der Waals surface area contributed by atoms with E-state index in [-0.39, 0.29) is 17.3 Å². The van der Waals surface area contributed by atoms with E-state index in [4.69, 9.17) is 0 Å². The fourth-order valence-electron chi connectivity index (χ4n) is 3.44. The van der Waals surface area contributed by atoms with Crippen LogP contribution in [-0.4, -0.2) is 54.7 Å². The van der Waals surface area contributed by atoms with Crippen molar-refractivity contribution in [3.8, 4) is 0 Å². The highest BCUT2D eigenvalue weighted by Gasteiger charge is 2.28. The van der Waals surface area contributed by atoms with Gasteiger partial charge in [0.2, 0.25) is 10.0 Å². The Morgan fingerprint density at radius 2 is 1.78 bits per heavy atom. The van der Waals surface area contributed by atoms with Gasteiger partial charge in [0.15, 0.2) is 0 Å². The summed E-state index contributed by atoms with van der Waals surface area (Å²) in [5.74, 6) is 0.188. The van der Waals surface area contributed by atoms with Gasteiger partial charge in [0.05, 0.1) is 16.1 Å². The number of carbonyl (C=O) groups excluding carboxylic acids is 1. The number of halogens is 1. The van der Waals surface area contributed by atoms with Crippen LogP contribution in [0.4, 0.5) is 4.39 Å². The Morgan fingerprint density at radius 3 is 2.47 bits per heavy atom. The molecule has 10 heteroatoms. The first-order chi connectivity index (χ1) is 15.4. The maximum absolute atomic E-state index is 13.2. The Kier molecular flexibility index (Phi) is 7.24. The molecule has 32 heavy (non-hydrogen) atoms. The number of hydrogen-bond acceptors (Lipinski definition) is 6. The van der Waals surface area contributed by atoms with E-state index in [9.17, 15) is 17.6 Å². The summed E-state index contributed by atoms with van der Waals surface area (Å²) < 4.78 is 40.3. The van der Waals surface area contributed by atoms with Gasteiger partial charge in [-0.25, -0.2) is 17.8 Å². The molecule has 0 bridgehead atoms. The summed E-state index contributed by atoms with van der Waals surface area (Å²) >= 11 is 3.23. The lowest BCUT2D eigenvalue weighted by Crippen LogP contribution is -2.37. The number of benzene rings is 2. The quantitative estimate of drug-likeness (QED) is 0.486. The van der Waals surface area contributed by atoms with Crippen molar-refractivity contribution in [1.29, 1.82) is 0 Å². The zero-order valence-electron chi connectivity index (χ0n) is 17.2. The summed E-state index contributed by atoms with van der Waals surface area (Å²) in [5, 5.41) is 2.02. The molecule has 168 valence electrons. The molecule has 4 rings (SSSR count). The smallest absolute Gasteiger partial charge is 0.253 e. The fraction of sp³-hybridized carbons (Fsp3) is 0.273. The van der Waals surface area contributed by atoms with E-state index in [1.165, 1.54) is 16.4 Å². The van der Waals surface area contributed by atoms with Gasteiger partial charge >= 0.3 is 0 Å². The Hall–Kier alpha value is -2.27. The molecular formula is C22H22FN3O3S3. The van der Waals surface area contributed by atoms with Gasteiger partial charge in [-0.3, -0.25) is 4.79 Å². The molecule has 1 aromatic heterocycles. The minimum absolute atomic E-state index is 0.0596. The van der Waals surface area contributed by atoms with E-state index in [0.29, 0.717) is 31.6 Å². The van der Waals surface area contributed by atoms with Crippen LogP contribution < -0.4 is 0 Å². The molecule has 0 atom stereocenters. The van der Waals surface area contributed by atoms with Crippen LogP contribution >= 0.6 is 23.1 Å². The number of thioether (sulfide) groups is 1. The van der Waals surface area contributed by atoms with Gasteiger partial charge in [-0.15, -0.1) is 23.1 Å². The van der Waals surface area contributed by atoms with E-state index < -0.39 is 15.8 Å². The predicted octanol–water partition coefficient (Wildman–Crippen LogP) is 4.11. The van der Waals surface area contributed by atoms with Crippen LogP contribution in [0.3, 0.4) is 0 Å². The largest absolute Gasteiger partial charge is 0.337 e. The van der Waals surface area contributed by atoms with Crippen molar-refractivity contribution in [3.05, 3.63) is 76.5 Å². The number of carbonyl (C=O) groups is 1. The van der Waals surface area contributed by atoms with Crippen LogP contribution in [0.5, 0.6) is 0 Å². The predicted molar refractivity (Wildman–Crippen MR) is 124 cm³/mol. The third-order valence-corrected chi connectivity index (χ3v) is 8.76. The summed E-state index contributed by atoms with van der Waals surface area (Å²) in [7, 11) is -3.72. The van der Waals surface area contributed by atoms with Gasteiger partial charge in [-0.05, 0) is 55.0 Å². The summed E-state index contributed by atoms with van der Waals surface area (Å²) in [6.45, 7) is 1.30. The molecule has 1 fully saturated rings. The third-order valence-electron chi connectivity index (χ3n) is 5.16. The number of amides is 1. The third kappa shape index (κ3) is 5.37. The maximum Gasteiger partial charge on any atom is 0.253 e. The second-order valence-electron chi connectivity index (χ2n) is 7.30. The van der Waals surface area contributed by atoms with E-state index in [2.05, 4.69) is 4.98 Å². The summed E-state index contributed by atoms with van der Waals surface area (Å²) in [6.07, 6.45) is 0.535. The molecule has 1 amide bonds. The zero-order chi connectivity index (χ0) is 22.6. The summed E-state index contributed by atoms with van der Waals surface area (Å²) in [4.78, 5) is 20.0. The van der Waals surface area contributed by atoms with Gasteiger partial charge in [-0.1, -0.05) is 0 Å². The number of aromatic nitrogens is 1. The van der Waals surface area contributed by atoms with Gasteiger partial charge in [0.25, 0.3) is 5.91 Å². The molecule has 0 spiro atoms. The zero-order valence-corrected chi connectivity index (χ0v) is 19.6. The van der Waals surface area contributed by atoms with Crippen LogP contribution in [0.1, 0.15) is 22.5 Å². The second kappa shape index (κ2) is 10.1. The van der Waals surface area contributed by atoms with Gasteiger partial charge < -0.3 is 4.90 Å². The number of hydrogen-bond donors (Lipinski definition) is 0. The van der Waals surface area contributed by atoms with Crippen LogP contribution in [0.25, 0.3) is 0 Å². The van der Waals surface area contributed by atoms with Gasteiger partial charge in [0.1, 0.15) is 5.82 Å². The minimum atomic E-state index is -3.72. The van der Waals surface area contributed by atoms with Crippen molar-refractivity contribution in [3.63, 3.8) is 0 Å². The van der Waals surface area contributed by atoms with E-state index in [1.54, 1.807) is 28.0 Å². The molecule has 0 aliphatic carbocycles. The average molecular weight is 492 g/mol. The number of sulfonamides is 1. The SMILES string of the molecule is O=C(c1ccc(SCc2cscn2)cc1)N1CCCN(S(=O)(=O)c2ccc(F)cc2)CC1. The lowest BCUT2D eigenvalue weighted by Gasteiger charge is -2.22. The molecule has 1 aliphatic heterocycles. The lowest BCUT2D eigenvalue weighted by molar-refractivity contribution is 0.0764. The van der Waals surface area contributed by atoms with Crippen LogP contribution in [-0.2, 0) is 15.8 Å². The first kappa shape index (κ1) is 22.9. The van der Waals surface area contributed by atoms with E-state index in [0.717, 1.165) is 28.5 Å². The van der Waals surface area contributed by atoms with Crippen molar-refractivity contribution in [2.45, 2.75) is 22.0 Å². The Balaban J connectivity index is 1.37. The van der Waals surface area contributed by atoms with Gasteiger partial charge in [-0.2, -0.15) is 4.31 Å². The summed E-state index contributed by atoms with van der Waals surface area (Å²) in [5.41, 5.74) is 3.42. The molecular weight excluding hydrogens is 469 g/mol. The van der Waals surface area contributed by atoms with Crippen molar-refractivity contribution >= 4 is 39.0 Å². The molecule has 2 heterocycles. The average Bonchev–Trinajstić information content (AvgIpc) is 3.20. The van der Waals surface area contributed by atoms with Crippen molar-refractivity contribution < 1.29 is 17.6 Å². The minimum Gasteiger partial charge on any atom is -0.337 e. The summed E-state index contributed by atoms with van der Waals surface area (Å²) in [6, 6.07) is 12.3. The highest BCUT2D eigenvalue weighted by molar-refractivity contribution is 7.98. The molecule has 0 unspecified atom stereocenters. The monoisotopic (exact) mass is 491 g/mol. The Bertz CT molecular complexity index is 1150. The number of nitrogens with zero attached hydrogens (tertiary/aromatic N) is 3. The maximum atomic E-state index is 13.2. The highest BCUT2D eigenvalue weighted by atomic mass is 32.2. The molecule has 6 nitrogen and oxygen atoms in total. The highest BCUT2D eigenvalue weighted by Crippen LogP contribution is 2.24. The van der Waals surface area contributed by atoms with Crippen molar-refractivity contribution in [2.24, 2.45) is 0 Å². The van der Waals surface area contributed by atoms with E-state index in [1.807, 2.05) is 35.2 Å². The first-order valence-electron chi connectivity index (χ1n) is 10.1. The molecule has 0 N–H and O–H groups in total. The standard InChI is InChI=1S/C22H22FN3O3S3/c23-18-4-8-21(9-5-18)32(28,29)26-11-1-10-25(12-13-26)22(27)17-2-6-20(7-3-17)31-15-19-14-30-16-24-19/h2-9,14,16H,1,10-13,15H2. The normalized spacial score (nSPS) is 15.5. The Morgan fingerprint density at radius 1 is 1.03 bits per heavy atom. The Labute approximate surface area is 195 Å². The van der Waals surface area contributed by atoms with Crippen LogP contribution in [0, 0.1) is 5.82 Å². The molecule has 0 radical (unpaired) electrons. The van der Waals surface area contributed by atoms with Crippen molar-refractivity contribution in [2.75, 3.05) is 26.2 Å². The van der Waals surface area contributed by atoms with Crippen LogP contribution in [0.2, 0.25) is 0 Å². The van der Waals surface area contributed by atoms with Gasteiger partial charge in [0, 0.05) is 47.8 Å². The lowest BCUT2D eigenvalue weighted by atomic mass is 10.2. The first-order valence-corrected chi connectivity index (χ1v) is 13.5. The number of rotatable bonds is 6. The molecule has 1 saturated heterocycles. The second-order valence-corrected chi connectivity index (χ2v) is 11.0. The molecule has 1 aliphatic rings. The van der Waals surface area contributed by atoms with Crippen molar-refractivity contribution in [1.82, 2.24) is 14.2 Å². The molecule has 2 aromatic carbocycles.